The van der Waals surface area contributed by atoms with E-state index in [2.05, 4.69) is 4.98 Å². The molecular weight excluding hydrogens is 390 g/mol. The van der Waals surface area contributed by atoms with E-state index in [1.54, 1.807) is 16.8 Å². The van der Waals surface area contributed by atoms with Gasteiger partial charge in [0.05, 0.1) is 16.6 Å². The van der Waals surface area contributed by atoms with Crippen LogP contribution >= 0.6 is 23.4 Å². The van der Waals surface area contributed by atoms with Crippen LogP contribution in [-0.2, 0) is 5.75 Å². The van der Waals surface area contributed by atoms with Crippen molar-refractivity contribution in [2.45, 2.75) is 24.8 Å². The Morgan fingerprint density at radius 1 is 1.00 bits per heavy atom. The van der Waals surface area contributed by atoms with Crippen LogP contribution in [0.1, 0.15) is 16.7 Å². The van der Waals surface area contributed by atoms with Gasteiger partial charge in [-0.2, -0.15) is 0 Å². The van der Waals surface area contributed by atoms with E-state index in [-0.39, 0.29) is 5.56 Å². The average molecular weight is 408 g/mol. The normalized spacial score (nSPS) is 11.1. The van der Waals surface area contributed by atoms with Gasteiger partial charge in [0.1, 0.15) is 5.15 Å². The summed E-state index contributed by atoms with van der Waals surface area (Å²) in [6, 6.07) is 17.2. The van der Waals surface area contributed by atoms with Crippen molar-refractivity contribution in [3.05, 3.63) is 93.0 Å². The van der Waals surface area contributed by atoms with Crippen molar-refractivity contribution in [1.29, 1.82) is 0 Å². The second-order valence-electron chi connectivity index (χ2n) is 6.57. The molecule has 2 aromatic heterocycles. The Labute approximate surface area is 172 Å². The minimum absolute atomic E-state index is 0.0558. The van der Waals surface area contributed by atoms with Crippen LogP contribution in [0.25, 0.3) is 16.6 Å². The van der Waals surface area contributed by atoms with Gasteiger partial charge in [-0.1, -0.05) is 59.8 Å². The van der Waals surface area contributed by atoms with Gasteiger partial charge in [0.15, 0.2) is 5.16 Å². The summed E-state index contributed by atoms with van der Waals surface area (Å²) in [7, 11) is 0. The molecule has 0 N–H and O–H groups in total. The molecule has 140 valence electrons. The van der Waals surface area contributed by atoms with Crippen LogP contribution in [0.3, 0.4) is 0 Å². The standard InChI is InChI=1S/C22H18ClN3OS/c1-14-6-5-7-15(2)20(14)26-21(27)17-8-3-4-9-18(17)25-22(26)28-13-16-10-11-19(23)24-12-16/h3-12H,13H2,1-2H3. The maximum absolute atomic E-state index is 13.4. The fraction of sp³-hybridized carbons (Fsp3) is 0.136. The number of thioether (sulfide) groups is 1. The maximum Gasteiger partial charge on any atom is 0.266 e. The van der Waals surface area contributed by atoms with Crippen molar-refractivity contribution < 1.29 is 0 Å². The van der Waals surface area contributed by atoms with Crippen molar-refractivity contribution in [2.24, 2.45) is 0 Å². The van der Waals surface area contributed by atoms with Crippen LogP contribution in [0.2, 0.25) is 5.15 Å². The van der Waals surface area contributed by atoms with E-state index in [9.17, 15) is 4.79 Å². The minimum atomic E-state index is -0.0558. The van der Waals surface area contributed by atoms with Crippen LogP contribution in [0.15, 0.2) is 70.7 Å². The molecule has 4 aromatic rings. The molecule has 0 atom stereocenters. The summed E-state index contributed by atoms with van der Waals surface area (Å²) < 4.78 is 1.74. The van der Waals surface area contributed by atoms with Gasteiger partial charge in [-0.15, -0.1) is 0 Å². The van der Waals surface area contributed by atoms with Gasteiger partial charge in [0.25, 0.3) is 5.56 Å². The van der Waals surface area contributed by atoms with E-state index >= 15 is 0 Å². The molecule has 0 aliphatic heterocycles. The van der Waals surface area contributed by atoms with E-state index in [0.29, 0.717) is 27.0 Å². The number of halogens is 1. The lowest BCUT2D eigenvalue weighted by Crippen LogP contribution is -2.23. The molecule has 28 heavy (non-hydrogen) atoms. The minimum Gasteiger partial charge on any atom is -0.268 e. The van der Waals surface area contributed by atoms with Gasteiger partial charge in [-0.25, -0.2) is 9.97 Å². The molecule has 6 heteroatoms. The zero-order valence-electron chi connectivity index (χ0n) is 15.5. The molecule has 2 heterocycles. The summed E-state index contributed by atoms with van der Waals surface area (Å²) in [5.41, 5.74) is 4.63. The zero-order valence-corrected chi connectivity index (χ0v) is 17.1. The van der Waals surface area contributed by atoms with Gasteiger partial charge >= 0.3 is 0 Å². The first-order chi connectivity index (χ1) is 13.5. The molecule has 0 amide bonds. The van der Waals surface area contributed by atoms with Crippen molar-refractivity contribution >= 4 is 34.3 Å². The SMILES string of the molecule is Cc1cccc(C)c1-n1c(SCc2ccc(Cl)nc2)nc2ccccc2c1=O. The summed E-state index contributed by atoms with van der Waals surface area (Å²) in [6.07, 6.45) is 1.75. The smallest absolute Gasteiger partial charge is 0.266 e. The molecule has 0 fully saturated rings. The summed E-state index contributed by atoms with van der Waals surface area (Å²) >= 11 is 7.40. The lowest BCUT2D eigenvalue weighted by Gasteiger charge is -2.17. The summed E-state index contributed by atoms with van der Waals surface area (Å²) in [5.74, 6) is 0.639. The highest BCUT2D eigenvalue weighted by molar-refractivity contribution is 7.98. The molecule has 0 saturated carbocycles. The number of hydrogen-bond donors (Lipinski definition) is 0. The van der Waals surface area contributed by atoms with Crippen molar-refractivity contribution in [1.82, 2.24) is 14.5 Å². The molecule has 4 rings (SSSR count). The number of fused-ring (bicyclic) bond motifs is 1. The highest BCUT2D eigenvalue weighted by Gasteiger charge is 2.16. The second-order valence-corrected chi connectivity index (χ2v) is 7.90. The Balaban J connectivity index is 1.88. The number of aromatic nitrogens is 3. The van der Waals surface area contributed by atoms with Gasteiger partial charge < -0.3 is 0 Å². The maximum atomic E-state index is 13.4. The lowest BCUT2D eigenvalue weighted by atomic mass is 10.1. The molecule has 2 aromatic carbocycles. The molecule has 0 saturated heterocycles. The van der Waals surface area contributed by atoms with Gasteiger partial charge in [0.2, 0.25) is 0 Å². The monoisotopic (exact) mass is 407 g/mol. The second kappa shape index (κ2) is 7.78. The van der Waals surface area contributed by atoms with Crippen molar-refractivity contribution in [3.8, 4) is 5.69 Å². The Hall–Kier alpha value is -2.63. The first kappa shape index (κ1) is 18.7. The predicted octanol–water partition coefficient (Wildman–Crippen LogP) is 5.34. The third kappa shape index (κ3) is 3.55. The van der Waals surface area contributed by atoms with Crippen LogP contribution in [0, 0.1) is 13.8 Å². The molecule has 0 spiro atoms. The van der Waals surface area contributed by atoms with E-state index in [1.165, 1.54) is 11.8 Å². The van der Waals surface area contributed by atoms with Crippen LogP contribution in [0.4, 0.5) is 0 Å². The Morgan fingerprint density at radius 2 is 1.75 bits per heavy atom. The first-order valence-corrected chi connectivity index (χ1v) is 10.2. The van der Waals surface area contributed by atoms with E-state index in [4.69, 9.17) is 16.6 Å². The van der Waals surface area contributed by atoms with Gasteiger partial charge in [-0.3, -0.25) is 9.36 Å². The summed E-state index contributed by atoms with van der Waals surface area (Å²) in [4.78, 5) is 22.3. The lowest BCUT2D eigenvalue weighted by molar-refractivity contribution is 0.808. The number of rotatable bonds is 4. The zero-order chi connectivity index (χ0) is 19.7. The van der Waals surface area contributed by atoms with Crippen molar-refractivity contribution in [2.75, 3.05) is 0 Å². The third-order valence-electron chi connectivity index (χ3n) is 4.56. The number of hydrogen-bond acceptors (Lipinski definition) is 4. The summed E-state index contributed by atoms with van der Waals surface area (Å²) in [5, 5.41) is 1.74. The van der Waals surface area contributed by atoms with E-state index < -0.39 is 0 Å². The molecule has 4 nitrogen and oxygen atoms in total. The quantitative estimate of drug-likeness (QED) is 0.260. The Bertz CT molecular complexity index is 1200. The van der Waals surface area contributed by atoms with Crippen LogP contribution in [0.5, 0.6) is 0 Å². The third-order valence-corrected chi connectivity index (χ3v) is 5.80. The Morgan fingerprint density at radius 3 is 2.46 bits per heavy atom. The number of para-hydroxylation sites is 2. The largest absolute Gasteiger partial charge is 0.268 e. The molecule has 0 radical (unpaired) electrons. The van der Waals surface area contributed by atoms with Gasteiger partial charge in [-0.05, 0) is 48.7 Å². The Kier molecular flexibility index (Phi) is 5.20. The predicted molar refractivity (Wildman–Crippen MR) is 116 cm³/mol. The molecule has 0 unspecified atom stereocenters. The first-order valence-electron chi connectivity index (χ1n) is 8.86. The highest BCUT2D eigenvalue weighted by atomic mass is 35.5. The number of pyridine rings is 1. The molecule has 0 aliphatic rings. The highest BCUT2D eigenvalue weighted by Crippen LogP contribution is 2.27. The molecular formula is C22H18ClN3OS. The molecule has 0 aliphatic carbocycles. The van der Waals surface area contributed by atoms with Gasteiger partial charge in [0, 0.05) is 11.9 Å². The fourth-order valence-corrected chi connectivity index (χ4v) is 4.25. The fourth-order valence-electron chi connectivity index (χ4n) is 3.20. The number of benzene rings is 2. The van der Waals surface area contributed by atoms with Crippen LogP contribution < -0.4 is 5.56 Å². The van der Waals surface area contributed by atoms with Crippen LogP contribution in [-0.4, -0.2) is 14.5 Å². The number of nitrogens with zero attached hydrogens (tertiary/aromatic N) is 3. The molecule has 0 bridgehead atoms. The summed E-state index contributed by atoms with van der Waals surface area (Å²) in [6.45, 7) is 4.03. The number of aryl methyl sites for hydroxylation is 2. The average Bonchev–Trinajstić information content (AvgIpc) is 2.69. The van der Waals surface area contributed by atoms with Crippen molar-refractivity contribution in [3.63, 3.8) is 0 Å². The topological polar surface area (TPSA) is 47.8 Å². The van der Waals surface area contributed by atoms with E-state index in [1.807, 2.05) is 62.4 Å². The van der Waals surface area contributed by atoms with E-state index in [0.717, 1.165) is 22.4 Å².